The van der Waals surface area contributed by atoms with E-state index in [1.807, 2.05) is 13.2 Å². The van der Waals surface area contributed by atoms with Crippen molar-refractivity contribution in [1.29, 1.82) is 0 Å². The first-order chi connectivity index (χ1) is 8.33. The Morgan fingerprint density at radius 1 is 1.53 bits per heavy atom. The van der Waals surface area contributed by atoms with E-state index < -0.39 is 0 Å². The fraction of sp³-hybridized carbons (Fsp3) is 0.615. The monoisotopic (exact) mass is 251 g/mol. The van der Waals surface area contributed by atoms with E-state index in [1.165, 1.54) is 17.7 Å². The second-order valence-corrected chi connectivity index (χ2v) is 5.81. The van der Waals surface area contributed by atoms with Gasteiger partial charge in [0.2, 0.25) is 0 Å². The molecule has 3 nitrogen and oxygen atoms in total. The molecular weight excluding hydrogens is 230 g/mol. The Kier molecular flexibility index (Phi) is 4.68. The van der Waals surface area contributed by atoms with Gasteiger partial charge in [0.1, 0.15) is 5.82 Å². The minimum atomic E-state index is 0.766. The average molecular weight is 251 g/mol. The molecule has 1 aliphatic heterocycles. The molecule has 1 saturated heterocycles. The van der Waals surface area contributed by atoms with E-state index in [0.29, 0.717) is 0 Å². The Morgan fingerprint density at radius 2 is 2.41 bits per heavy atom. The highest BCUT2D eigenvalue weighted by Crippen LogP contribution is 2.24. The number of nitrogens with one attached hydrogen (secondary N) is 1. The number of thioether (sulfide) groups is 1. The zero-order valence-electron chi connectivity index (χ0n) is 10.6. The lowest BCUT2D eigenvalue weighted by atomic mass is 10.2. The van der Waals surface area contributed by atoms with Crippen LogP contribution in [0.15, 0.2) is 18.3 Å². The number of hydrogen-bond acceptors (Lipinski definition) is 4. The van der Waals surface area contributed by atoms with Crippen LogP contribution in [0.4, 0.5) is 5.82 Å². The van der Waals surface area contributed by atoms with E-state index in [1.54, 1.807) is 0 Å². The van der Waals surface area contributed by atoms with E-state index >= 15 is 0 Å². The van der Waals surface area contributed by atoms with Gasteiger partial charge in [0, 0.05) is 36.8 Å². The molecule has 0 aliphatic carbocycles. The van der Waals surface area contributed by atoms with Crippen molar-refractivity contribution in [3.8, 4) is 0 Å². The van der Waals surface area contributed by atoms with E-state index in [-0.39, 0.29) is 0 Å². The highest BCUT2D eigenvalue weighted by molar-refractivity contribution is 8.00. The highest BCUT2D eigenvalue weighted by atomic mass is 32.2. The van der Waals surface area contributed by atoms with Crippen LogP contribution in [0.3, 0.4) is 0 Å². The molecule has 0 bridgehead atoms. The average Bonchev–Trinajstić information content (AvgIpc) is 2.40. The molecule has 1 aromatic heterocycles. The predicted octanol–water partition coefficient (Wildman–Crippen LogP) is 2.13. The van der Waals surface area contributed by atoms with Crippen molar-refractivity contribution in [1.82, 2.24) is 10.3 Å². The quantitative estimate of drug-likeness (QED) is 0.887. The van der Waals surface area contributed by atoms with Crippen molar-refractivity contribution in [2.24, 2.45) is 0 Å². The molecule has 2 rings (SSSR count). The molecule has 1 aliphatic rings. The first-order valence-electron chi connectivity index (χ1n) is 6.29. The minimum absolute atomic E-state index is 0.766. The summed E-state index contributed by atoms with van der Waals surface area (Å²) >= 11 is 2.09. The van der Waals surface area contributed by atoms with Crippen LogP contribution in [0, 0.1) is 0 Å². The van der Waals surface area contributed by atoms with E-state index in [4.69, 9.17) is 0 Å². The molecule has 0 spiro atoms. The van der Waals surface area contributed by atoms with Crippen molar-refractivity contribution in [2.45, 2.75) is 25.1 Å². The van der Waals surface area contributed by atoms with E-state index in [2.05, 4.69) is 46.0 Å². The summed E-state index contributed by atoms with van der Waals surface area (Å²) in [5.74, 6) is 2.35. The molecule has 4 heteroatoms. The molecule has 1 aromatic rings. The van der Waals surface area contributed by atoms with Crippen molar-refractivity contribution < 1.29 is 0 Å². The number of anilines is 1. The third-order valence-corrected chi connectivity index (χ3v) is 4.48. The summed E-state index contributed by atoms with van der Waals surface area (Å²) in [6, 6.07) is 4.32. The number of nitrogens with zero attached hydrogens (tertiary/aromatic N) is 2. The maximum atomic E-state index is 4.57. The van der Waals surface area contributed by atoms with Crippen LogP contribution < -0.4 is 10.2 Å². The van der Waals surface area contributed by atoms with Crippen molar-refractivity contribution in [3.63, 3.8) is 0 Å². The lowest BCUT2D eigenvalue weighted by molar-refractivity contribution is 0.718. The van der Waals surface area contributed by atoms with Gasteiger partial charge in [-0.05, 0) is 25.1 Å². The van der Waals surface area contributed by atoms with Crippen LogP contribution in [-0.2, 0) is 6.54 Å². The molecule has 1 unspecified atom stereocenters. The third kappa shape index (κ3) is 3.36. The summed E-state index contributed by atoms with van der Waals surface area (Å²) in [5.41, 5.74) is 1.25. The lowest BCUT2D eigenvalue weighted by Crippen LogP contribution is -2.38. The van der Waals surface area contributed by atoms with Gasteiger partial charge < -0.3 is 10.2 Å². The Labute approximate surface area is 108 Å². The molecule has 0 radical (unpaired) electrons. The van der Waals surface area contributed by atoms with E-state index in [9.17, 15) is 0 Å². The fourth-order valence-corrected chi connectivity index (χ4v) is 3.27. The first-order valence-corrected chi connectivity index (χ1v) is 7.34. The summed E-state index contributed by atoms with van der Waals surface area (Å²) in [5, 5.41) is 3.91. The number of pyridine rings is 1. The van der Waals surface area contributed by atoms with Crippen LogP contribution >= 0.6 is 11.8 Å². The predicted molar refractivity (Wildman–Crippen MR) is 75.8 cm³/mol. The Hall–Kier alpha value is -0.740. The van der Waals surface area contributed by atoms with E-state index in [0.717, 1.165) is 30.7 Å². The van der Waals surface area contributed by atoms with Gasteiger partial charge in [0.15, 0.2) is 0 Å². The maximum Gasteiger partial charge on any atom is 0.128 e. The van der Waals surface area contributed by atoms with Gasteiger partial charge in [0.25, 0.3) is 0 Å². The van der Waals surface area contributed by atoms with Crippen molar-refractivity contribution >= 4 is 17.6 Å². The van der Waals surface area contributed by atoms with Crippen LogP contribution in [0.1, 0.15) is 18.9 Å². The largest absolute Gasteiger partial charge is 0.355 e. The molecule has 17 heavy (non-hydrogen) atoms. The zero-order valence-corrected chi connectivity index (χ0v) is 11.5. The smallest absolute Gasteiger partial charge is 0.128 e. The normalized spacial score (nSPS) is 20.6. The van der Waals surface area contributed by atoms with Crippen LogP contribution in [0.2, 0.25) is 0 Å². The lowest BCUT2D eigenvalue weighted by Gasteiger charge is -2.32. The SMILES string of the molecule is CCC1CN(c2ccc(CNC)cn2)CCS1. The molecule has 1 N–H and O–H groups in total. The summed E-state index contributed by atoms with van der Waals surface area (Å²) in [6.45, 7) is 5.42. The van der Waals surface area contributed by atoms with Gasteiger partial charge in [-0.2, -0.15) is 11.8 Å². The highest BCUT2D eigenvalue weighted by Gasteiger charge is 2.19. The van der Waals surface area contributed by atoms with Gasteiger partial charge in [-0.25, -0.2) is 4.98 Å². The molecule has 0 aromatic carbocycles. The molecular formula is C13H21N3S. The summed E-state index contributed by atoms with van der Waals surface area (Å²) in [7, 11) is 1.96. The first kappa shape index (κ1) is 12.7. The van der Waals surface area contributed by atoms with Crippen molar-refractivity contribution in [3.05, 3.63) is 23.9 Å². The van der Waals surface area contributed by atoms with Gasteiger partial charge in [0.05, 0.1) is 0 Å². The third-order valence-electron chi connectivity index (χ3n) is 3.11. The summed E-state index contributed by atoms with van der Waals surface area (Å²) in [6.07, 6.45) is 3.23. The molecule has 94 valence electrons. The minimum Gasteiger partial charge on any atom is -0.355 e. The van der Waals surface area contributed by atoms with Crippen LogP contribution in [0.5, 0.6) is 0 Å². The fourth-order valence-electron chi connectivity index (χ4n) is 2.09. The van der Waals surface area contributed by atoms with Gasteiger partial charge in [-0.3, -0.25) is 0 Å². The number of aromatic nitrogens is 1. The second-order valence-electron chi connectivity index (χ2n) is 4.40. The zero-order chi connectivity index (χ0) is 12.1. The molecule has 1 fully saturated rings. The van der Waals surface area contributed by atoms with Gasteiger partial charge >= 0.3 is 0 Å². The maximum absolute atomic E-state index is 4.57. The molecule has 1 atom stereocenters. The van der Waals surface area contributed by atoms with Gasteiger partial charge in [-0.15, -0.1) is 0 Å². The Bertz CT molecular complexity index is 339. The number of hydrogen-bond donors (Lipinski definition) is 1. The Morgan fingerprint density at radius 3 is 3.06 bits per heavy atom. The molecule has 0 saturated carbocycles. The topological polar surface area (TPSA) is 28.2 Å². The molecule has 2 heterocycles. The number of rotatable bonds is 4. The summed E-state index contributed by atoms with van der Waals surface area (Å²) < 4.78 is 0. The van der Waals surface area contributed by atoms with Crippen LogP contribution in [0.25, 0.3) is 0 Å². The summed E-state index contributed by atoms with van der Waals surface area (Å²) in [4.78, 5) is 6.98. The standard InChI is InChI=1S/C13H21N3S/c1-3-12-10-16(6-7-17-12)13-5-4-11(8-14-2)9-15-13/h4-5,9,12,14H,3,6-8,10H2,1-2H3. The Balaban J connectivity index is 2.01. The second kappa shape index (κ2) is 6.26. The van der Waals surface area contributed by atoms with Gasteiger partial charge in [-0.1, -0.05) is 13.0 Å². The molecule has 0 amide bonds. The van der Waals surface area contributed by atoms with Crippen molar-refractivity contribution in [2.75, 3.05) is 30.8 Å². The van der Waals surface area contributed by atoms with Crippen LogP contribution in [-0.4, -0.2) is 36.1 Å².